The number of anilines is 1. The number of urea groups is 1. The van der Waals surface area contributed by atoms with E-state index in [0.717, 1.165) is 4.90 Å². The molecular weight excluding hydrogens is 378 g/mol. The largest absolute Gasteiger partial charge is 0.467 e. The predicted molar refractivity (Wildman–Crippen MR) is 102 cm³/mol. The van der Waals surface area contributed by atoms with Crippen LogP contribution in [0.5, 0.6) is 0 Å². The smallest absolute Gasteiger partial charge is 0.338 e. The summed E-state index contributed by atoms with van der Waals surface area (Å²) in [5, 5.41) is 5.26. The summed E-state index contributed by atoms with van der Waals surface area (Å²) < 4.78 is 10.1. The number of nitrogens with one attached hydrogen (secondary N) is 2. The van der Waals surface area contributed by atoms with Crippen molar-refractivity contribution in [2.75, 3.05) is 11.9 Å². The lowest BCUT2D eigenvalue weighted by molar-refractivity contribution is -0.128. The number of esters is 1. The molecule has 0 radical (unpaired) electrons. The molecule has 1 saturated heterocycles. The Kier molecular flexibility index (Phi) is 6.28. The van der Waals surface area contributed by atoms with Gasteiger partial charge in [0.1, 0.15) is 11.8 Å². The van der Waals surface area contributed by atoms with Gasteiger partial charge in [0.15, 0.2) is 0 Å². The Morgan fingerprint density at radius 2 is 2.07 bits per heavy atom. The fourth-order valence-electron chi connectivity index (χ4n) is 2.92. The molecule has 1 aliphatic rings. The zero-order valence-electron chi connectivity index (χ0n) is 15.8. The third-order valence-electron chi connectivity index (χ3n) is 4.32. The summed E-state index contributed by atoms with van der Waals surface area (Å²) in [5.41, 5.74) is 0.776. The number of rotatable bonds is 8. The van der Waals surface area contributed by atoms with Crippen molar-refractivity contribution in [3.8, 4) is 0 Å². The third kappa shape index (κ3) is 5.01. The van der Waals surface area contributed by atoms with Gasteiger partial charge < -0.3 is 19.8 Å². The second kappa shape index (κ2) is 9.05. The maximum atomic E-state index is 12.4. The first kappa shape index (κ1) is 20.1. The Balaban J connectivity index is 1.52. The number of furan rings is 1. The minimum atomic E-state index is -0.769. The van der Waals surface area contributed by atoms with E-state index in [2.05, 4.69) is 10.6 Å². The number of nitrogens with zero attached hydrogens (tertiary/aromatic N) is 1. The van der Waals surface area contributed by atoms with Crippen molar-refractivity contribution >= 4 is 29.5 Å². The van der Waals surface area contributed by atoms with Crippen molar-refractivity contribution in [2.24, 2.45) is 0 Å². The van der Waals surface area contributed by atoms with Crippen molar-refractivity contribution < 1.29 is 28.3 Å². The van der Waals surface area contributed by atoms with E-state index in [-0.39, 0.29) is 31.9 Å². The van der Waals surface area contributed by atoms with Gasteiger partial charge in [-0.05, 0) is 43.7 Å². The molecule has 29 heavy (non-hydrogen) atoms. The number of benzene rings is 1. The summed E-state index contributed by atoms with van der Waals surface area (Å²) in [4.78, 5) is 49.5. The highest BCUT2D eigenvalue weighted by atomic mass is 16.5. The van der Waals surface area contributed by atoms with Crippen molar-refractivity contribution in [3.63, 3.8) is 0 Å². The highest BCUT2D eigenvalue weighted by molar-refractivity contribution is 6.04. The summed E-state index contributed by atoms with van der Waals surface area (Å²) in [6.45, 7) is 2.01. The monoisotopic (exact) mass is 399 g/mol. The lowest BCUT2D eigenvalue weighted by atomic mass is 10.1. The third-order valence-corrected chi connectivity index (χ3v) is 4.32. The second-order valence-corrected chi connectivity index (χ2v) is 6.39. The zero-order valence-corrected chi connectivity index (χ0v) is 15.8. The number of imide groups is 1. The molecule has 0 saturated carbocycles. The minimum Gasteiger partial charge on any atom is -0.467 e. The molecule has 9 nitrogen and oxygen atoms in total. The molecule has 1 fully saturated rings. The van der Waals surface area contributed by atoms with Crippen LogP contribution in [0.3, 0.4) is 0 Å². The Morgan fingerprint density at radius 1 is 1.24 bits per heavy atom. The first-order valence-electron chi connectivity index (χ1n) is 9.19. The Labute approximate surface area is 167 Å². The molecule has 1 unspecified atom stereocenters. The van der Waals surface area contributed by atoms with E-state index in [4.69, 9.17) is 9.15 Å². The van der Waals surface area contributed by atoms with Gasteiger partial charge in [0.2, 0.25) is 5.91 Å². The molecule has 9 heteroatoms. The van der Waals surface area contributed by atoms with Gasteiger partial charge in [0, 0.05) is 12.1 Å². The first-order chi connectivity index (χ1) is 14.0. The van der Waals surface area contributed by atoms with Crippen molar-refractivity contribution in [2.45, 2.75) is 32.4 Å². The first-order valence-corrected chi connectivity index (χ1v) is 9.19. The highest BCUT2D eigenvalue weighted by Gasteiger charge is 2.38. The van der Waals surface area contributed by atoms with E-state index in [9.17, 15) is 19.2 Å². The average Bonchev–Trinajstić information content (AvgIpc) is 3.31. The Bertz CT molecular complexity index is 909. The van der Waals surface area contributed by atoms with Gasteiger partial charge >= 0.3 is 12.0 Å². The Morgan fingerprint density at radius 3 is 2.79 bits per heavy atom. The van der Waals surface area contributed by atoms with Gasteiger partial charge in [-0.2, -0.15) is 0 Å². The molecule has 2 N–H and O–H groups in total. The van der Waals surface area contributed by atoms with Crippen LogP contribution in [0.2, 0.25) is 0 Å². The molecule has 4 amide bonds. The maximum absolute atomic E-state index is 12.4. The topological polar surface area (TPSA) is 118 Å². The Hall–Kier alpha value is -3.62. The molecule has 0 spiro atoms. The van der Waals surface area contributed by atoms with Crippen LogP contribution in [0, 0.1) is 0 Å². The minimum absolute atomic E-state index is 0.0227. The summed E-state index contributed by atoms with van der Waals surface area (Å²) in [7, 11) is 0. The van der Waals surface area contributed by atoms with Crippen LogP contribution in [-0.4, -0.2) is 41.4 Å². The van der Waals surface area contributed by atoms with Crippen LogP contribution in [0.25, 0.3) is 0 Å². The van der Waals surface area contributed by atoms with E-state index < -0.39 is 23.9 Å². The second-order valence-electron chi connectivity index (χ2n) is 6.39. The molecule has 3 rings (SSSR count). The van der Waals surface area contributed by atoms with E-state index in [1.807, 2.05) is 0 Å². The predicted octanol–water partition coefficient (Wildman–Crippen LogP) is 2.30. The van der Waals surface area contributed by atoms with Crippen molar-refractivity contribution in [1.82, 2.24) is 10.2 Å². The lowest BCUT2D eigenvalue weighted by Crippen LogP contribution is -2.31. The number of hydrogen-bond donors (Lipinski definition) is 2. The van der Waals surface area contributed by atoms with Crippen molar-refractivity contribution in [1.29, 1.82) is 0 Å². The number of carbonyl (C=O) groups excluding carboxylic acids is 4. The van der Waals surface area contributed by atoms with Gasteiger partial charge in [0.25, 0.3) is 5.91 Å². The molecule has 1 aliphatic heterocycles. The molecule has 2 heterocycles. The van der Waals surface area contributed by atoms with Gasteiger partial charge in [-0.3, -0.25) is 14.5 Å². The molecule has 1 aromatic heterocycles. The number of carbonyl (C=O) groups is 4. The zero-order chi connectivity index (χ0) is 20.8. The number of amides is 4. The van der Waals surface area contributed by atoms with E-state index in [1.165, 1.54) is 12.3 Å². The van der Waals surface area contributed by atoms with E-state index in [1.54, 1.807) is 37.3 Å². The van der Waals surface area contributed by atoms with Crippen molar-refractivity contribution in [3.05, 3.63) is 54.0 Å². The standard InChI is InChI=1S/C20H21N3O6/c1-2-28-19(26)13-5-3-6-14(11-13)21-17(24)9-8-16-18(25)23(20(27)22-16)12-15-7-4-10-29-15/h3-7,10-11,16H,2,8-9,12H2,1H3,(H,21,24)(H,22,27). The molecule has 0 bridgehead atoms. The van der Waals surface area contributed by atoms with Crippen LogP contribution >= 0.6 is 0 Å². The van der Waals surface area contributed by atoms with Crippen LogP contribution in [0.1, 0.15) is 35.9 Å². The summed E-state index contributed by atoms with van der Waals surface area (Å²) in [6.07, 6.45) is 1.64. The fourth-order valence-corrected chi connectivity index (χ4v) is 2.92. The molecule has 2 aromatic rings. The van der Waals surface area contributed by atoms with Gasteiger partial charge in [-0.1, -0.05) is 6.07 Å². The summed E-state index contributed by atoms with van der Waals surface area (Å²) >= 11 is 0. The van der Waals surface area contributed by atoms with Gasteiger partial charge in [-0.15, -0.1) is 0 Å². The molecule has 1 atom stereocenters. The SMILES string of the molecule is CCOC(=O)c1cccc(NC(=O)CCC2NC(=O)N(Cc3ccco3)C2=O)c1. The average molecular weight is 399 g/mol. The highest BCUT2D eigenvalue weighted by Crippen LogP contribution is 2.17. The maximum Gasteiger partial charge on any atom is 0.338 e. The molecule has 152 valence electrons. The van der Waals surface area contributed by atoms with E-state index in [0.29, 0.717) is 17.0 Å². The molecule has 1 aromatic carbocycles. The number of ether oxygens (including phenoxy) is 1. The summed E-state index contributed by atoms with van der Waals surface area (Å²) in [6, 6.07) is 8.45. The molecular formula is C20H21N3O6. The fraction of sp³-hybridized carbons (Fsp3) is 0.300. The van der Waals surface area contributed by atoms with E-state index >= 15 is 0 Å². The number of hydrogen-bond acceptors (Lipinski definition) is 6. The quantitative estimate of drug-likeness (QED) is 0.519. The lowest BCUT2D eigenvalue weighted by Gasteiger charge is -2.11. The van der Waals surface area contributed by atoms with Gasteiger partial charge in [0.05, 0.1) is 25.0 Å². The normalized spacial score (nSPS) is 15.9. The van der Waals surface area contributed by atoms with Gasteiger partial charge in [-0.25, -0.2) is 9.59 Å². The van der Waals surface area contributed by atoms with Crippen LogP contribution in [0.15, 0.2) is 47.1 Å². The van der Waals surface area contributed by atoms with Crippen LogP contribution < -0.4 is 10.6 Å². The molecule has 0 aliphatic carbocycles. The van der Waals surface area contributed by atoms with Crippen LogP contribution in [0.4, 0.5) is 10.5 Å². The van der Waals surface area contributed by atoms with Crippen LogP contribution in [-0.2, 0) is 20.9 Å². The summed E-state index contributed by atoms with van der Waals surface area (Å²) in [5.74, 6) is -0.714.